The van der Waals surface area contributed by atoms with E-state index in [4.69, 9.17) is 0 Å². The van der Waals surface area contributed by atoms with Crippen LogP contribution in [0, 0.1) is 12.8 Å². The molecule has 1 N–H and O–H groups in total. The van der Waals surface area contributed by atoms with Gasteiger partial charge in [-0.15, -0.1) is 0 Å². The molecule has 3 rings (SSSR count). The van der Waals surface area contributed by atoms with Gasteiger partial charge in [-0.05, 0) is 39.2 Å². The molecule has 2 aliphatic rings. The van der Waals surface area contributed by atoms with Crippen LogP contribution in [0.15, 0.2) is 6.20 Å². The number of aryl methyl sites for hydroxylation is 2. The fourth-order valence-electron chi connectivity index (χ4n) is 4.46. The molecule has 2 saturated heterocycles. The first-order valence-corrected chi connectivity index (χ1v) is 9.82. The van der Waals surface area contributed by atoms with Gasteiger partial charge in [-0.25, -0.2) is 0 Å². The van der Waals surface area contributed by atoms with Crippen LogP contribution in [0.25, 0.3) is 0 Å². The molecule has 0 spiro atoms. The predicted molar refractivity (Wildman–Crippen MR) is 101 cm³/mol. The number of nitrogens with zero attached hydrogens (tertiary/aromatic N) is 5. The van der Waals surface area contributed by atoms with E-state index in [2.05, 4.69) is 21.9 Å². The number of amides is 1. The highest BCUT2D eigenvalue weighted by Crippen LogP contribution is 2.28. The summed E-state index contributed by atoms with van der Waals surface area (Å²) >= 11 is 0. The second-order valence-corrected chi connectivity index (χ2v) is 7.87. The van der Waals surface area contributed by atoms with Gasteiger partial charge in [-0.2, -0.15) is 5.10 Å². The summed E-state index contributed by atoms with van der Waals surface area (Å²) in [5.74, 6) is 0.529. The van der Waals surface area contributed by atoms with Gasteiger partial charge in [-0.3, -0.25) is 14.4 Å². The first-order chi connectivity index (χ1) is 12.5. The second kappa shape index (κ2) is 8.50. The third-order valence-electron chi connectivity index (χ3n) is 5.96. The van der Waals surface area contributed by atoms with Crippen molar-refractivity contribution in [2.45, 2.75) is 32.2 Å². The zero-order valence-electron chi connectivity index (χ0n) is 16.4. The Morgan fingerprint density at radius 3 is 2.58 bits per heavy atom. The summed E-state index contributed by atoms with van der Waals surface area (Å²) in [6.45, 7) is 8.14. The van der Waals surface area contributed by atoms with E-state index in [1.54, 1.807) is 4.68 Å². The van der Waals surface area contributed by atoms with Crippen LogP contribution in [0.4, 0.5) is 0 Å². The quantitative estimate of drug-likeness (QED) is 0.829. The van der Waals surface area contributed by atoms with Crippen LogP contribution in [-0.4, -0.2) is 94.5 Å². The molecule has 2 aliphatic heterocycles. The molecular formula is C19H33N5O2. The lowest BCUT2D eigenvalue weighted by Crippen LogP contribution is -2.57. The summed E-state index contributed by atoms with van der Waals surface area (Å²) in [4.78, 5) is 20.0. The molecule has 0 unspecified atom stereocenters. The molecule has 0 bridgehead atoms. The van der Waals surface area contributed by atoms with E-state index in [1.807, 2.05) is 25.1 Å². The zero-order valence-corrected chi connectivity index (χ0v) is 16.4. The van der Waals surface area contributed by atoms with Gasteiger partial charge in [0.25, 0.3) is 5.91 Å². The topological polar surface area (TPSA) is 64.8 Å². The largest absolute Gasteiger partial charge is 0.396 e. The van der Waals surface area contributed by atoms with E-state index in [-0.39, 0.29) is 12.5 Å². The van der Waals surface area contributed by atoms with Crippen molar-refractivity contribution in [1.82, 2.24) is 24.5 Å². The Bertz CT molecular complexity index is 609. The monoisotopic (exact) mass is 363 g/mol. The molecule has 7 nitrogen and oxygen atoms in total. The average Bonchev–Trinajstić information content (AvgIpc) is 2.98. The van der Waals surface area contributed by atoms with Crippen LogP contribution in [0.3, 0.4) is 0 Å². The SMILES string of the molecule is Cc1nn(C)cc1C(=O)N1CC[C@H](N2CCN(C)CC2)[C@H](CCCO)C1. The van der Waals surface area contributed by atoms with Gasteiger partial charge in [0.2, 0.25) is 0 Å². The molecule has 0 radical (unpaired) electrons. The number of hydrogen-bond donors (Lipinski definition) is 1. The maximum atomic E-state index is 13.0. The maximum absolute atomic E-state index is 13.0. The Morgan fingerprint density at radius 1 is 1.23 bits per heavy atom. The molecule has 3 heterocycles. The highest BCUT2D eigenvalue weighted by Gasteiger charge is 2.36. The molecule has 26 heavy (non-hydrogen) atoms. The normalized spacial score (nSPS) is 25.6. The van der Waals surface area contributed by atoms with E-state index in [1.165, 1.54) is 0 Å². The highest BCUT2D eigenvalue weighted by molar-refractivity contribution is 5.95. The number of carbonyl (C=O) groups excluding carboxylic acids is 1. The van der Waals surface area contributed by atoms with Crippen molar-refractivity contribution in [2.75, 3.05) is 52.9 Å². The van der Waals surface area contributed by atoms with Crippen molar-refractivity contribution in [1.29, 1.82) is 0 Å². The zero-order chi connectivity index (χ0) is 18.7. The van der Waals surface area contributed by atoms with Gasteiger partial charge in [0.05, 0.1) is 11.3 Å². The van der Waals surface area contributed by atoms with Crippen molar-refractivity contribution in [3.63, 3.8) is 0 Å². The minimum absolute atomic E-state index is 0.0985. The van der Waals surface area contributed by atoms with Crippen LogP contribution in [0.5, 0.6) is 0 Å². The summed E-state index contributed by atoms with van der Waals surface area (Å²) in [5.41, 5.74) is 1.51. The van der Waals surface area contributed by atoms with Crippen molar-refractivity contribution in [2.24, 2.45) is 13.0 Å². The Hall–Kier alpha value is -1.44. The Morgan fingerprint density at radius 2 is 1.96 bits per heavy atom. The van der Waals surface area contributed by atoms with Crippen molar-refractivity contribution in [3.8, 4) is 0 Å². The van der Waals surface area contributed by atoms with E-state index < -0.39 is 0 Å². The molecule has 0 aliphatic carbocycles. The number of likely N-dealkylation sites (tertiary alicyclic amines) is 1. The number of piperazine rings is 1. The number of aromatic nitrogens is 2. The van der Waals surface area contributed by atoms with E-state index >= 15 is 0 Å². The lowest BCUT2D eigenvalue weighted by Gasteiger charge is -2.46. The summed E-state index contributed by atoms with van der Waals surface area (Å²) in [7, 11) is 4.03. The third-order valence-corrected chi connectivity index (χ3v) is 5.96. The molecule has 2 fully saturated rings. The van der Waals surface area contributed by atoms with Gasteiger partial charge in [-0.1, -0.05) is 0 Å². The minimum atomic E-state index is 0.0985. The molecule has 1 aromatic heterocycles. The van der Waals surface area contributed by atoms with Crippen molar-refractivity contribution < 1.29 is 9.90 Å². The number of rotatable bonds is 5. The minimum Gasteiger partial charge on any atom is -0.396 e. The Kier molecular flexibility index (Phi) is 6.32. The van der Waals surface area contributed by atoms with Gasteiger partial charge in [0.15, 0.2) is 0 Å². The van der Waals surface area contributed by atoms with Crippen LogP contribution in [0.1, 0.15) is 35.3 Å². The third kappa shape index (κ3) is 4.27. The summed E-state index contributed by atoms with van der Waals surface area (Å²) in [6, 6.07) is 0.522. The average molecular weight is 364 g/mol. The molecular weight excluding hydrogens is 330 g/mol. The van der Waals surface area contributed by atoms with Crippen LogP contribution in [-0.2, 0) is 7.05 Å². The van der Waals surface area contributed by atoms with E-state index in [0.717, 1.165) is 64.2 Å². The van der Waals surface area contributed by atoms with E-state index in [9.17, 15) is 9.90 Å². The molecule has 1 aromatic rings. The van der Waals surface area contributed by atoms with Crippen molar-refractivity contribution in [3.05, 3.63) is 17.5 Å². The fraction of sp³-hybridized carbons (Fsp3) is 0.789. The number of carbonyl (C=O) groups is 1. The number of aliphatic hydroxyl groups is 1. The van der Waals surface area contributed by atoms with Crippen LogP contribution in [0.2, 0.25) is 0 Å². The van der Waals surface area contributed by atoms with Gasteiger partial charge >= 0.3 is 0 Å². The van der Waals surface area contributed by atoms with Gasteiger partial charge < -0.3 is 14.9 Å². The Labute approximate surface area is 156 Å². The first-order valence-electron chi connectivity index (χ1n) is 9.82. The number of likely N-dealkylation sites (N-methyl/N-ethyl adjacent to an activating group) is 1. The van der Waals surface area contributed by atoms with E-state index in [0.29, 0.717) is 17.5 Å². The maximum Gasteiger partial charge on any atom is 0.257 e. The predicted octanol–water partition coefficient (Wildman–Crippen LogP) is 0.579. The summed E-state index contributed by atoms with van der Waals surface area (Å²) in [6.07, 6.45) is 4.63. The molecule has 0 aromatic carbocycles. The molecule has 1 amide bonds. The number of aliphatic hydroxyl groups excluding tert-OH is 1. The number of hydrogen-bond acceptors (Lipinski definition) is 5. The molecule has 2 atom stereocenters. The van der Waals surface area contributed by atoms with Crippen molar-refractivity contribution >= 4 is 5.91 Å². The smallest absolute Gasteiger partial charge is 0.257 e. The van der Waals surface area contributed by atoms with Crippen LogP contribution < -0.4 is 0 Å². The lowest BCUT2D eigenvalue weighted by molar-refractivity contribution is 0.0217. The fourth-order valence-corrected chi connectivity index (χ4v) is 4.46. The first kappa shape index (κ1) is 19.3. The summed E-state index contributed by atoms with van der Waals surface area (Å²) in [5, 5.41) is 13.6. The van der Waals surface area contributed by atoms with Crippen LogP contribution >= 0.6 is 0 Å². The van der Waals surface area contributed by atoms with Gasteiger partial charge in [0.1, 0.15) is 0 Å². The second-order valence-electron chi connectivity index (χ2n) is 7.87. The highest BCUT2D eigenvalue weighted by atomic mass is 16.3. The Balaban J connectivity index is 1.69. The van der Waals surface area contributed by atoms with Gasteiger partial charge in [0, 0.05) is 65.2 Å². The lowest BCUT2D eigenvalue weighted by atomic mass is 9.86. The standard InChI is InChI=1S/C19H33N5O2/c1-15-17(14-22(3)20-15)19(26)24-7-6-18(16(13-24)5-4-12-25)23-10-8-21(2)9-11-23/h14,16,18,25H,4-13H2,1-3H3/t16-,18+/m1/s1. The molecule has 7 heteroatoms. The molecule has 0 saturated carbocycles. The molecule has 146 valence electrons. The number of piperidine rings is 1. The summed E-state index contributed by atoms with van der Waals surface area (Å²) < 4.78 is 1.71.